The highest BCUT2D eigenvalue weighted by Crippen LogP contribution is 2.07. The summed E-state index contributed by atoms with van der Waals surface area (Å²) in [4.78, 5) is 14.6. The number of carbonyl (C=O) groups is 1. The van der Waals surface area contributed by atoms with Crippen molar-refractivity contribution in [3.63, 3.8) is 0 Å². The third-order valence-corrected chi connectivity index (χ3v) is 2.07. The van der Waals surface area contributed by atoms with Crippen molar-refractivity contribution in [2.45, 2.75) is 13.3 Å². The molecule has 3 heteroatoms. The lowest BCUT2D eigenvalue weighted by Crippen LogP contribution is -1.85. The van der Waals surface area contributed by atoms with E-state index in [2.05, 4.69) is 11.9 Å². The summed E-state index contributed by atoms with van der Waals surface area (Å²) in [6.07, 6.45) is 5.40. The maximum atomic E-state index is 10.5. The molecule has 0 N–H and O–H groups in total. The molecule has 0 bridgehead atoms. The lowest BCUT2D eigenvalue weighted by molar-refractivity contribution is 0.111. The Kier molecular flexibility index (Phi) is 1.85. The zero-order chi connectivity index (χ0) is 9.26. The van der Waals surface area contributed by atoms with Crippen molar-refractivity contribution in [2.24, 2.45) is 0 Å². The highest BCUT2D eigenvalue weighted by Gasteiger charge is 1.99. The number of fused-ring (bicyclic) bond motifs is 1. The lowest BCUT2D eigenvalue weighted by Gasteiger charge is -1.96. The second-order valence-electron chi connectivity index (χ2n) is 2.94. The van der Waals surface area contributed by atoms with E-state index < -0.39 is 0 Å². The molecule has 2 aromatic rings. The van der Waals surface area contributed by atoms with E-state index in [1.807, 2.05) is 22.7 Å². The van der Waals surface area contributed by atoms with Gasteiger partial charge in [0.2, 0.25) is 0 Å². The molecule has 66 valence electrons. The average molecular weight is 174 g/mol. The number of hydrogen-bond donors (Lipinski definition) is 0. The molecule has 0 spiro atoms. The Labute approximate surface area is 76.0 Å². The van der Waals surface area contributed by atoms with E-state index in [9.17, 15) is 4.79 Å². The van der Waals surface area contributed by atoms with Crippen molar-refractivity contribution in [2.75, 3.05) is 0 Å². The molecule has 0 aliphatic carbocycles. The van der Waals surface area contributed by atoms with Crippen LogP contribution < -0.4 is 0 Å². The Hall–Kier alpha value is -1.64. The Balaban J connectivity index is 2.63. The predicted octanol–water partition coefficient (Wildman–Crippen LogP) is 1.71. The molecule has 3 nitrogen and oxygen atoms in total. The van der Waals surface area contributed by atoms with Crippen molar-refractivity contribution >= 4 is 11.9 Å². The third-order valence-electron chi connectivity index (χ3n) is 2.07. The second kappa shape index (κ2) is 3.01. The van der Waals surface area contributed by atoms with E-state index in [4.69, 9.17) is 0 Å². The van der Waals surface area contributed by atoms with Gasteiger partial charge in [-0.25, -0.2) is 4.98 Å². The lowest BCUT2D eigenvalue weighted by atomic mass is 10.2. The minimum Gasteiger partial charge on any atom is -0.306 e. The van der Waals surface area contributed by atoms with Crippen LogP contribution in [0.15, 0.2) is 24.5 Å². The summed E-state index contributed by atoms with van der Waals surface area (Å²) < 4.78 is 1.85. The van der Waals surface area contributed by atoms with Gasteiger partial charge < -0.3 is 4.40 Å². The van der Waals surface area contributed by atoms with Crippen LogP contribution in [-0.2, 0) is 6.42 Å². The Morgan fingerprint density at radius 3 is 3.15 bits per heavy atom. The molecule has 0 fully saturated rings. The molecule has 0 unspecified atom stereocenters. The molecular formula is C10H10N2O. The number of aryl methyl sites for hydroxylation is 1. The van der Waals surface area contributed by atoms with Crippen molar-refractivity contribution in [1.29, 1.82) is 0 Å². The van der Waals surface area contributed by atoms with Crippen LogP contribution in [0.3, 0.4) is 0 Å². The van der Waals surface area contributed by atoms with Crippen LogP contribution >= 0.6 is 0 Å². The Morgan fingerprint density at radius 1 is 1.62 bits per heavy atom. The van der Waals surface area contributed by atoms with Crippen molar-refractivity contribution in [1.82, 2.24) is 9.38 Å². The number of aromatic nitrogens is 2. The summed E-state index contributed by atoms with van der Waals surface area (Å²) in [7, 11) is 0. The highest BCUT2D eigenvalue weighted by molar-refractivity contribution is 5.73. The number of pyridine rings is 1. The highest BCUT2D eigenvalue weighted by atomic mass is 16.1. The summed E-state index contributed by atoms with van der Waals surface area (Å²) in [5.74, 6) is 0. The Morgan fingerprint density at radius 2 is 2.46 bits per heavy atom. The largest absolute Gasteiger partial charge is 0.306 e. The standard InChI is InChI=1S/C10H10N2O/c1-2-8-3-4-12-6-9(7-13)11-10(12)5-8/h3-7H,2H2,1H3. The van der Waals surface area contributed by atoms with Gasteiger partial charge in [-0.2, -0.15) is 0 Å². The molecule has 2 aromatic heterocycles. The van der Waals surface area contributed by atoms with Crippen LogP contribution in [0.4, 0.5) is 0 Å². The minimum atomic E-state index is 0.480. The monoisotopic (exact) mass is 174 g/mol. The molecule has 2 heterocycles. The van der Waals surface area contributed by atoms with Gasteiger partial charge in [-0.3, -0.25) is 4.79 Å². The topological polar surface area (TPSA) is 34.4 Å². The van der Waals surface area contributed by atoms with Crippen LogP contribution in [0.5, 0.6) is 0 Å². The molecular weight excluding hydrogens is 164 g/mol. The summed E-state index contributed by atoms with van der Waals surface area (Å²) >= 11 is 0. The average Bonchev–Trinajstić information content (AvgIpc) is 2.58. The molecule has 2 rings (SSSR count). The predicted molar refractivity (Wildman–Crippen MR) is 50.0 cm³/mol. The van der Waals surface area contributed by atoms with Gasteiger partial charge in [-0.15, -0.1) is 0 Å². The third kappa shape index (κ3) is 1.33. The molecule has 0 radical (unpaired) electrons. The van der Waals surface area contributed by atoms with Crippen LogP contribution in [0, 0.1) is 0 Å². The zero-order valence-electron chi connectivity index (χ0n) is 7.40. The van der Waals surface area contributed by atoms with E-state index in [1.54, 1.807) is 6.20 Å². The van der Waals surface area contributed by atoms with Gasteiger partial charge in [0.1, 0.15) is 11.3 Å². The molecule has 0 saturated carbocycles. The molecule has 0 aliphatic rings. The van der Waals surface area contributed by atoms with E-state index in [-0.39, 0.29) is 0 Å². The summed E-state index contributed by atoms with van der Waals surface area (Å²) in [6.45, 7) is 2.09. The number of carbonyl (C=O) groups excluding carboxylic acids is 1. The first-order chi connectivity index (χ1) is 6.33. The first kappa shape index (κ1) is 7.98. The van der Waals surface area contributed by atoms with Crippen LogP contribution in [0.25, 0.3) is 5.65 Å². The quantitative estimate of drug-likeness (QED) is 0.649. The number of imidazole rings is 1. The minimum absolute atomic E-state index is 0.480. The first-order valence-corrected chi connectivity index (χ1v) is 4.26. The maximum absolute atomic E-state index is 10.5. The number of nitrogens with zero attached hydrogens (tertiary/aromatic N) is 2. The van der Waals surface area contributed by atoms with Gasteiger partial charge in [0.05, 0.1) is 0 Å². The smallest absolute Gasteiger partial charge is 0.170 e. The second-order valence-corrected chi connectivity index (χ2v) is 2.94. The number of hydrogen-bond acceptors (Lipinski definition) is 2. The summed E-state index contributed by atoms with van der Waals surface area (Å²) in [5.41, 5.74) is 2.55. The van der Waals surface area contributed by atoms with Crippen molar-refractivity contribution < 1.29 is 4.79 Å². The van der Waals surface area contributed by atoms with E-state index in [1.165, 1.54) is 5.56 Å². The van der Waals surface area contributed by atoms with Crippen LogP contribution in [0.1, 0.15) is 23.0 Å². The van der Waals surface area contributed by atoms with Gasteiger partial charge in [-0.1, -0.05) is 6.92 Å². The molecule has 0 aliphatic heterocycles. The normalized spacial score (nSPS) is 10.5. The fraction of sp³-hybridized carbons (Fsp3) is 0.200. The van der Waals surface area contributed by atoms with Crippen LogP contribution in [-0.4, -0.2) is 15.7 Å². The fourth-order valence-electron chi connectivity index (χ4n) is 1.32. The molecule has 0 saturated heterocycles. The molecule has 0 atom stereocenters. The Bertz CT molecular complexity index is 445. The van der Waals surface area contributed by atoms with E-state index in [0.717, 1.165) is 18.4 Å². The van der Waals surface area contributed by atoms with E-state index in [0.29, 0.717) is 5.69 Å². The SMILES string of the molecule is CCc1ccn2cc(C=O)nc2c1. The van der Waals surface area contributed by atoms with Gasteiger partial charge in [0, 0.05) is 12.4 Å². The molecule has 0 aromatic carbocycles. The molecule has 0 amide bonds. The van der Waals surface area contributed by atoms with E-state index >= 15 is 0 Å². The zero-order valence-corrected chi connectivity index (χ0v) is 7.40. The van der Waals surface area contributed by atoms with Gasteiger partial charge in [0.15, 0.2) is 6.29 Å². The van der Waals surface area contributed by atoms with Crippen LogP contribution in [0.2, 0.25) is 0 Å². The van der Waals surface area contributed by atoms with Gasteiger partial charge >= 0.3 is 0 Å². The first-order valence-electron chi connectivity index (χ1n) is 4.26. The fourth-order valence-corrected chi connectivity index (χ4v) is 1.32. The van der Waals surface area contributed by atoms with Gasteiger partial charge in [0.25, 0.3) is 0 Å². The van der Waals surface area contributed by atoms with Crippen molar-refractivity contribution in [3.05, 3.63) is 35.8 Å². The molecule has 13 heavy (non-hydrogen) atoms. The van der Waals surface area contributed by atoms with Crippen molar-refractivity contribution in [3.8, 4) is 0 Å². The number of aldehydes is 1. The summed E-state index contributed by atoms with van der Waals surface area (Å²) in [5, 5.41) is 0. The van der Waals surface area contributed by atoms with Gasteiger partial charge in [-0.05, 0) is 24.1 Å². The summed E-state index contributed by atoms with van der Waals surface area (Å²) in [6, 6.07) is 4.02. The maximum Gasteiger partial charge on any atom is 0.170 e. The number of rotatable bonds is 2.